The minimum absolute atomic E-state index is 0.00360. The van der Waals surface area contributed by atoms with E-state index in [2.05, 4.69) is 0 Å². The van der Waals surface area contributed by atoms with Gasteiger partial charge in [0.2, 0.25) is 11.8 Å². The molecule has 0 spiro atoms. The van der Waals surface area contributed by atoms with Gasteiger partial charge in [-0.2, -0.15) is 0 Å². The summed E-state index contributed by atoms with van der Waals surface area (Å²) in [5.74, 6) is 1.17. The molecule has 0 aromatic carbocycles. The molecular formula is C22H37N3O4. The molecule has 1 heterocycles. The summed E-state index contributed by atoms with van der Waals surface area (Å²) in [4.78, 5) is 44.1. The highest BCUT2D eigenvalue weighted by atomic mass is 16.6. The van der Waals surface area contributed by atoms with Crippen molar-refractivity contribution < 1.29 is 19.1 Å². The third-order valence-electron chi connectivity index (χ3n) is 6.18. The fourth-order valence-electron chi connectivity index (χ4n) is 4.14. The number of rotatable bonds is 7. The minimum Gasteiger partial charge on any atom is -0.444 e. The zero-order valence-corrected chi connectivity index (χ0v) is 18.7. The molecule has 0 aromatic heterocycles. The van der Waals surface area contributed by atoms with Crippen molar-refractivity contribution in [3.05, 3.63) is 0 Å². The molecule has 0 N–H and O–H groups in total. The SMILES string of the molecule is CN(CC1CC1)C(=O)CC1(C(=O)N(C)CC2CC2)CCN(C(=O)OC(C)(C)C)C1. The number of likely N-dealkylation sites (tertiary alicyclic amines) is 1. The smallest absolute Gasteiger partial charge is 0.410 e. The molecule has 3 rings (SSSR count). The summed E-state index contributed by atoms with van der Waals surface area (Å²) in [6.45, 7) is 7.68. The van der Waals surface area contributed by atoms with E-state index in [1.54, 1.807) is 14.7 Å². The average molecular weight is 408 g/mol. The molecule has 7 heteroatoms. The summed E-state index contributed by atoms with van der Waals surface area (Å²) in [5, 5.41) is 0. The molecule has 1 saturated heterocycles. The Morgan fingerprint density at radius 2 is 1.55 bits per heavy atom. The van der Waals surface area contributed by atoms with E-state index in [1.165, 1.54) is 12.8 Å². The Morgan fingerprint density at radius 3 is 2.07 bits per heavy atom. The summed E-state index contributed by atoms with van der Waals surface area (Å²) in [7, 11) is 3.66. The van der Waals surface area contributed by atoms with Crippen LogP contribution >= 0.6 is 0 Å². The van der Waals surface area contributed by atoms with Crippen molar-refractivity contribution in [2.24, 2.45) is 17.3 Å². The second-order valence-electron chi connectivity index (χ2n) is 10.5. The van der Waals surface area contributed by atoms with E-state index in [-0.39, 0.29) is 24.8 Å². The molecule has 164 valence electrons. The number of carbonyl (C=O) groups is 3. The normalized spacial score (nSPS) is 24.4. The first-order valence-corrected chi connectivity index (χ1v) is 11.0. The number of hydrogen-bond acceptors (Lipinski definition) is 4. The van der Waals surface area contributed by atoms with E-state index in [0.717, 1.165) is 25.9 Å². The molecule has 1 unspecified atom stereocenters. The number of hydrogen-bond donors (Lipinski definition) is 0. The highest BCUT2D eigenvalue weighted by Crippen LogP contribution is 2.39. The van der Waals surface area contributed by atoms with Gasteiger partial charge in [-0.15, -0.1) is 0 Å². The molecule has 3 aliphatic rings. The van der Waals surface area contributed by atoms with Crippen molar-refractivity contribution in [1.29, 1.82) is 0 Å². The molecule has 2 saturated carbocycles. The topological polar surface area (TPSA) is 70.2 Å². The first kappa shape index (κ1) is 21.9. The second kappa shape index (κ2) is 8.15. The van der Waals surface area contributed by atoms with Crippen molar-refractivity contribution in [3.8, 4) is 0 Å². The summed E-state index contributed by atoms with van der Waals surface area (Å²) in [5.41, 5.74) is -1.44. The molecule has 1 aliphatic heterocycles. The molecule has 1 atom stereocenters. The number of nitrogens with zero attached hydrogens (tertiary/aromatic N) is 3. The van der Waals surface area contributed by atoms with E-state index >= 15 is 0 Å². The lowest BCUT2D eigenvalue weighted by atomic mass is 9.81. The third kappa shape index (κ3) is 5.86. The second-order valence-corrected chi connectivity index (χ2v) is 10.5. The van der Waals surface area contributed by atoms with Crippen molar-refractivity contribution in [2.75, 3.05) is 40.3 Å². The van der Waals surface area contributed by atoms with Gasteiger partial charge in [0.15, 0.2) is 0 Å². The molecule has 0 radical (unpaired) electrons. The zero-order chi connectivity index (χ0) is 21.4. The average Bonchev–Trinajstić information content (AvgIpc) is 3.54. The van der Waals surface area contributed by atoms with Crippen LogP contribution in [0.2, 0.25) is 0 Å². The van der Waals surface area contributed by atoms with Gasteiger partial charge in [0, 0.05) is 46.7 Å². The molecule has 2 aliphatic carbocycles. The predicted molar refractivity (Wildman–Crippen MR) is 110 cm³/mol. The first-order valence-electron chi connectivity index (χ1n) is 11.0. The van der Waals surface area contributed by atoms with E-state index < -0.39 is 17.1 Å². The lowest BCUT2D eigenvalue weighted by Crippen LogP contribution is -2.48. The minimum atomic E-state index is -0.852. The van der Waals surface area contributed by atoms with Crippen LogP contribution in [0.25, 0.3) is 0 Å². The maximum Gasteiger partial charge on any atom is 0.410 e. The highest BCUT2D eigenvalue weighted by molar-refractivity contribution is 5.90. The number of ether oxygens (including phenoxy) is 1. The molecule has 0 aromatic rings. The van der Waals surface area contributed by atoms with Crippen LogP contribution in [-0.2, 0) is 14.3 Å². The van der Waals surface area contributed by atoms with Crippen LogP contribution in [0.5, 0.6) is 0 Å². The molecular weight excluding hydrogens is 370 g/mol. The Hall–Kier alpha value is -1.79. The first-order chi connectivity index (χ1) is 13.5. The number of amides is 3. The Kier molecular flexibility index (Phi) is 6.16. The lowest BCUT2D eigenvalue weighted by molar-refractivity contribution is -0.146. The van der Waals surface area contributed by atoms with Crippen molar-refractivity contribution in [1.82, 2.24) is 14.7 Å². The van der Waals surface area contributed by atoms with Crippen LogP contribution in [-0.4, -0.2) is 78.5 Å². The van der Waals surface area contributed by atoms with Crippen molar-refractivity contribution in [3.63, 3.8) is 0 Å². The Morgan fingerprint density at radius 1 is 1.00 bits per heavy atom. The van der Waals surface area contributed by atoms with Crippen LogP contribution in [0, 0.1) is 17.3 Å². The van der Waals surface area contributed by atoms with Crippen LogP contribution in [0.15, 0.2) is 0 Å². The maximum absolute atomic E-state index is 13.5. The summed E-state index contributed by atoms with van der Waals surface area (Å²) in [6, 6.07) is 0. The maximum atomic E-state index is 13.5. The standard InChI is InChI=1S/C22H37N3O4/c1-21(2,3)29-20(28)25-11-10-22(15-25,19(27)24(5)14-17-8-9-17)12-18(26)23(4)13-16-6-7-16/h16-17H,6-15H2,1-5H3. The predicted octanol–water partition coefficient (Wildman–Crippen LogP) is 2.74. The van der Waals surface area contributed by atoms with Gasteiger partial charge in [-0.25, -0.2) is 4.79 Å². The van der Waals surface area contributed by atoms with Crippen LogP contribution in [0.3, 0.4) is 0 Å². The van der Waals surface area contributed by atoms with Crippen LogP contribution < -0.4 is 0 Å². The highest BCUT2D eigenvalue weighted by Gasteiger charge is 2.50. The van der Waals surface area contributed by atoms with Gasteiger partial charge in [-0.05, 0) is 64.7 Å². The third-order valence-corrected chi connectivity index (χ3v) is 6.18. The number of carbonyl (C=O) groups excluding carboxylic acids is 3. The van der Waals surface area contributed by atoms with Gasteiger partial charge in [-0.1, -0.05) is 0 Å². The fourth-order valence-corrected chi connectivity index (χ4v) is 4.14. The van der Waals surface area contributed by atoms with E-state index in [4.69, 9.17) is 4.74 Å². The van der Waals surface area contributed by atoms with Gasteiger partial charge in [0.1, 0.15) is 5.60 Å². The Balaban J connectivity index is 1.71. The van der Waals surface area contributed by atoms with Gasteiger partial charge < -0.3 is 19.4 Å². The lowest BCUT2D eigenvalue weighted by Gasteiger charge is -2.33. The largest absolute Gasteiger partial charge is 0.444 e. The monoisotopic (exact) mass is 407 g/mol. The summed E-state index contributed by atoms with van der Waals surface area (Å²) >= 11 is 0. The molecule has 7 nitrogen and oxygen atoms in total. The van der Waals surface area contributed by atoms with Crippen molar-refractivity contribution >= 4 is 17.9 Å². The van der Waals surface area contributed by atoms with Gasteiger partial charge in [-0.3, -0.25) is 9.59 Å². The van der Waals surface area contributed by atoms with Crippen LogP contribution in [0.4, 0.5) is 4.79 Å². The quantitative estimate of drug-likeness (QED) is 0.651. The van der Waals surface area contributed by atoms with Crippen molar-refractivity contribution in [2.45, 2.75) is 64.9 Å². The van der Waals surface area contributed by atoms with E-state index in [1.807, 2.05) is 34.9 Å². The summed E-state index contributed by atoms with van der Waals surface area (Å²) < 4.78 is 5.51. The fraction of sp³-hybridized carbons (Fsp3) is 0.864. The van der Waals surface area contributed by atoms with Gasteiger partial charge in [0.05, 0.1) is 5.41 Å². The molecule has 3 fully saturated rings. The summed E-state index contributed by atoms with van der Waals surface area (Å²) in [6.07, 6.45) is 4.94. The van der Waals surface area contributed by atoms with Gasteiger partial charge >= 0.3 is 6.09 Å². The van der Waals surface area contributed by atoms with E-state index in [9.17, 15) is 14.4 Å². The molecule has 0 bridgehead atoms. The zero-order valence-electron chi connectivity index (χ0n) is 18.7. The molecule has 29 heavy (non-hydrogen) atoms. The Labute approximate surface area is 174 Å². The van der Waals surface area contributed by atoms with Gasteiger partial charge in [0.25, 0.3) is 0 Å². The molecule has 3 amide bonds. The van der Waals surface area contributed by atoms with E-state index in [0.29, 0.717) is 24.8 Å². The Bertz CT molecular complexity index is 651. The van der Waals surface area contributed by atoms with Crippen LogP contribution in [0.1, 0.15) is 59.3 Å².